The van der Waals surface area contributed by atoms with E-state index in [1.807, 2.05) is 0 Å². The summed E-state index contributed by atoms with van der Waals surface area (Å²) in [7, 11) is 0. The number of rotatable bonds is 2. The number of aryl methyl sites for hydroxylation is 3. The van der Waals surface area contributed by atoms with Crippen molar-refractivity contribution in [2.24, 2.45) is 5.73 Å². The van der Waals surface area contributed by atoms with Crippen LogP contribution in [-0.2, 0) is 0 Å². The first kappa shape index (κ1) is 13.3. The third-order valence-electron chi connectivity index (χ3n) is 3.09. The highest BCUT2D eigenvalue weighted by atomic mass is 79.9. The third-order valence-corrected chi connectivity index (χ3v) is 3.81. The van der Waals surface area contributed by atoms with E-state index in [1.165, 1.54) is 22.3 Å². The van der Waals surface area contributed by atoms with Crippen molar-refractivity contribution >= 4 is 15.9 Å². The molecule has 0 aliphatic rings. The Balaban J connectivity index is 2.47. The molecule has 2 N–H and O–H groups in total. The smallest absolute Gasteiger partial charge is 0.0563 e. The summed E-state index contributed by atoms with van der Waals surface area (Å²) in [5.74, 6) is 0. The fraction of sp³-hybridized carbons (Fsp3) is 0.250. The summed E-state index contributed by atoms with van der Waals surface area (Å²) in [4.78, 5) is 0. The van der Waals surface area contributed by atoms with Crippen LogP contribution in [-0.4, -0.2) is 0 Å². The Bertz CT molecular complexity index is 555. The van der Waals surface area contributed by atoms with E-state index in [0.29, 0.717) is 0 Å². The normalized spacial score (nSPS) is 12.5. The van der Waals surface area contributed by atoms with Gasteiger partial charge in [0.05, 0.1) is 6.04 Å². The van der Waals surface area contributed by atoms with E-state index in [2.05, 4.69) is 73.1 Å². The summed E-state index contributed by atoms with van der Waals surface area (Å²) >= 11 is 3.59. The lowest BCUT2D eigenvalue weighted by Crippen LogP contribution is -2.13. The molecule has 0 aliphatic heterocycles. The van der Waals surface area contributed by atoms with Crippen LogP contribution in [0.5, 0.6) is 0 Å². The van der Waals surface area contributed by atoms with E-state index in [4.69, 9.17) is 5.73 Å². The molecule has 0 radical (unpaired) electrons. The number of nitrogens with two attached hydrogens (primary N) is 1. The van der Waals surface area contributed by atoms with Crippen molar-refractivity contribution in [1.29, 1.82) is 0 Å². The summed E-state index contributed by atoms with van der Waals surface area (Å²) in [5.41, 5.74) is 12.4. The molecule has 1 unspecified atom stereocenters. The fourth-order valence-corrected chi connectivity index (χ4v) is 2.76. The summed E-state index contributed by atoms with van der Waals surface area (Å²) in [5, 5.41) is 0. The first-order valence-corrected chi connectivity index (χ1v) is 6.86. The van der Waals surface area contributed by atoms with E-state index in [1.54, 1.807) is 0 Å². The molecule has 0 fully saturated rings. The molecule has 2 aromatic carbocycles. The molecular weight excluding hydrogens is 286 g/mol. The van der Waals surface area contributed by atoms with Gasteiger partial charge in [-0.05, 0) is 38.0 Å². The van der Waals surface area contributed by atoms with Gasteiger partial charge in [-0.2, -0.15) is 0 Å². The molecule has 0 amide bonds. The lowest BCUT2D eigenvalue weighted by Gasteiger charge is -2.16. The maximum atomic E-state index is 6.39. The van der Waals surface area contributed by atoms with Crippen LogP contribution in [0.2, 0.25) is 0 Å². The molecule has 0 aliphatic carbocycles. The second-order valence-corrected chi connectivity index (χ2v) is 5.78. The lowest BCUT2D eigenvalue weighted by molar-refractivity contribution is 0.860. The van der Waals surface area contributed by atoms with Gasteiger partial charge in [-0.25, -0.2) is 0 Å². The highest BCUT2D eigenvalue weighted by molar-refractivity contribution is 9.10. The van der Waals surface area contributed by atoms with E-state index in [9.17, 15) is 0 Å². The Kier molecular flexibility index (Phi) is 3.88. The monoisotopic (exact) mass is 303 g/mol. The summed E-state index contributed by atoms with van der Waals surface area (Å²) < 4.78 is 1.07. The van der Waals surface area contributed by atoms with Gasteiger partial charge >= 0.3 is 0 Å². The predicted octanol–water partition coefficient (Wildman–Crippen LogP) is 4.42. The zero-order valence-corrected chi connectivity index (χ0v) is 12.6. The standard InChI is InChI=1S/C16H18BrN/c1-10-4-5-15(17)14(9-10)16(18)13-7-11(2)6-12(3)8-13/h4-9,16H,18H2,1-3H3. The SMILES string of the molecule is Cc1cc(C)cc(C(N)c2cc(C)ccc2Br)c1. The molecule has 0 aromatic heterocycles. The molecule has 2 heteroatoms. The van der Waals surface area contributed by atoms with Crippen molar-refractivity contribution in [2.75, 3.05) is 0 Å². The minimum atomic E-state index is -0.0853. The van der Waals surface area contributed by atoms with Crippen LogP contribution < -0.4 is 5.73 Å². The van der Waals surface area contributed by atoms with E-state index in [-0.39, 0.29) is 6.04 Å². The number of benzene rings is 2. The van der Waals surface area contributed by atoms with Crippen LogP contribution in [0.15, 0.2) is 40.9 Å². The van der Waals surface area contributed by atoms with Crippen LogP contribution in [0.25, 0.3) is 0 Å². The largest absolute Gasteiger partial charge is 0.320 e. The fourth-order valence-electron chi connectivity index (χ4n) is 2.27. The minimum Gasteiger partial charge on any atom is -0.320 e. The molecule has 2 rings (SSSR count). The van der Waals surface area contributed by atoms with E-state index < -0.39 is 0 Å². The molecule has 0 saturated heterocycles. The van der Waals surface area contributed by atoms with E-state index in [0.717, 1.165) is 10.0 Å². The van der Waals surface area contributed by atoms with Gasteiger partial charge in [0, 0.05) is 4.47 Å². The van der Waals surface area contributed by atoms with Crippen molar-refractivity contribution in [3.63, 3.8) is 0 Å². The highest BCUT2D eigenvalue weighted by Crippen LogP contribution is 2.28. The number of hydrogen-bond acceptors (Lipinski definition) is 1. The van der Waals surface area contributed by atoms with E-state index >= 15 is 0 Å². The van der Waals surface area contributed by atoms with Gasteiger partial charge in [-0.1, -0.05) is 63.0 Å². The van der Waals surface area contributed by atoms with Gasteiger partial charge in [-0.3, -0.25) is 0 Å². The Morgan fingerprint density at radius 3 is 2.11 bits per heavy atom. The molecule has 18 heavy (non-hydrogen) atoms. The second-order valence-electron chi connectivity index (χ2n) is 4.92. The minimum absolute atomic E-state index is 0.0853. The summed E-state index contributed by atoms with van der Waals surface area (Å²) in [6.07, 6.45) is 0. The van der Waals surface area contributed by atoms with Crippen molar-refractivity contribution < 1.29 is 0 Å². The quantitative estimate of drug-likeness (QED) is 0.873. The number of halogens is 1. The first-order chi connectivity index (χ1) is 8.47. The Labute approximate surface area is 117 Å². The summed E-state index contributed by atoms with van der Waals surface area (Å²) in [6, 6.07) is 12.7. The maximum absolute atomic E-state index is 6.39. The molecule has 0 saturated carbocycles. The van der Waals surface area contributed by atoms with Gasteiger partial charge in [0.25, 0.3) is 0 Å². The van der Waals surface area contributed by atoms with Crippen LogP contribution in [0.4, 0.5) is 0 Å². The molecule has 94 valence electrons. The molecule has 0 bridgehead atoms. The maximum Gasteiger partial charge on any atom is 0.0563 e. The Hall–Kier alpha value is -1.12. The van der Waals surface area contributed by atoms with Gasteiger partial charge in [0.2, 0.25) is 0 Å². The molecular formula is C16H18BrN. The Morgan fingerprint density at radius 2 is 1.50 bits per heavy atom. The average Bonchev–Trinajstić information content (AvgIpc) is 2.30. The molecule has 0 spiro atoms. The van der Waals surface area contributed by atoms with Crippen LogP contribution in [0.1, 0.15) is 33.9 Å². The van der Waals surface area contributed by atoms with Crippen molar-refractivity contribution in [3.8, 4) is 0 Å². The molecule has 1 atom stereocenters. The van der Waals surface area contributed by atoms with Gasteiger partial charge in [0.1, 0.15) is 0 Å². The summed E-state index contributed by atoms with van der Waals surface area (Å²) in [6.45, 7) is 6.30. The predicted molar refractivity (Wildman–Crippen MR) is 80.8 cm³/mol. The van der Waals surface area contributed by atoms with Crippen LogP contribution in [0, 0.1) is 20.8 Å². The average molecular weight is 304 g/mol. The lowest BCUT2D eigenvalue weighted by atomic mass is 9.95. The van der Waals surface area contributed by atoms with Gasteiger partial charge < -0.3 is 5.73 Å². The van der Waals surface area contributed by atoms with Gasteiger partial charge in [0.15, 0.2) is 0 Å². The molecule has 0 heterocycles. The second kappa shape index (κ2) is 5.25. The third kappa shape index (κ3) is 2.82. The first-order valence-electron chi connectivity index (χ1n) is 6.07. The topological polar surface area (TPSA) is 26.0 Å². The zero-order valence-electron chi connectivity index (χ0n) is 11.0. The zero-order chi connectivity index (χ0) is 13.3. The number of hydrogen-bond donors (Lipinski definition) is 1. The van der Waals surface area contributed by atoms with Crippen LogP contribution in [0.3, 0.4) is 0 Å². The van der Waals surface area contributed by atoms with Crippen molar-refractivity contribution in [2.45, 2.75) is 26.8 Å². The van der Waals surface area contributed by atoms with Gasteiger partial charge in [-0.15, -0.1) is 0 Å². The van der Waals surface area contributed by atoms with Crippen LogP contribution >= 0.6 is 15.9 Å². The molecule has 1 nitrogen and oxygen atoms in total. The highest BCUT2D eigenvalue weighted by Gasteiger charge is 2.13. The van der Waals surface area contributed by atoms with Crippen molar-refractivity contribution in [3.05, 3.63) is 68.7 Å². The molecule has 2 aromatic rings. The Morgan fingerprint density at radius 1 is 0.889 bits per heavy atom. The van der Waals surface area contributed by atoms with Crippen molar-refractivity contribution in [1.82, 2.24) is 0 Å².